The molecule has 5 nitrogen and oxygen atoms in total. The lowest BCUT2D eigenvalue weighted by molar-refractivity contribution is -0.120. The molecule has 2 N–H and O–H groups in total. The van der Waals surface area contributed by atoms with Crippen molar-refractivity contribution < 1.29 is 13.2 Å². The van der Waals surface area contributed by atoms with Gasteiger partial charge in [-0.05, 0) is 25.0 Å². The lowest BCUT2D eigenvalue weighted by atomic mass is 10.1. The molecule has 0 aromatic heterocycles. The van der Waals surface area contributed by atoms with Crippen LogP contribution >= 0.6 is 12.6 Å². The van der Waals surface area contributed by atoms with Crippen molar-refractivity contribution >= 4 is 28.6 Å². The second-order valence-corrected chi connectivity index (χ2v) is 7.04. The summed E-state index contributed by atoms with van der Waals surface area (Å²) in [4.78, 5) is 11.2. The Morgan fingerprint density at radius 2 is 2.19 bits per heavy atom. The fourth-order valence-electron chi connectivity index (χ4n) is 2.10. The van der Waals surface area contributed by atoms with Crippen molar-refractivity contribution in [2.24, 2.45) is 0 Å². The van der Waals surface area contributed by atoms with Crippen LogP contribution in [-0.2, 0) is 14.8 Å². The smallest absolute Gasteiger partial charge is 0.220 e. The first-order valence-corrected chi connectivity index (χ1v) is 7.50. The summed E-state index contributed by atoms with van der Waals surface area (Å²) >= 11 is 3.96. The van der Waals surface area contributed by atoms with Gasteiger partial charge in [-0.3, -0.25) is 4.79 Å². The maximum atomic E-state index is 11.7. The van der Waals surface area contributed by atoms with E-state index in [0.717, 1.165) is 12.8 Å². The predicted molar refractivity (Wildman–Crippen MR) is 63.9 cm³/mol. The third-order valence-corrected chi connectivity index (χ3v) is 5.78. The molecular formula is C9H16N2O3S2. The number of carbonyl (C=O) groups is 1. The number of thiol groups is 1. The summed E-state index contributed by atoms with van der Waals surface area (Å²) < 4.78 is 25.5. The summed E-state index contributed by atoms with van der Waals surface area (Å²) in [5.74, 6) is 0.428. The summed E-state index contributed by atoms with van der Waals surface area (Å²) in [5, 5.41) is 2.71. The Labute approximate surface area is 101 Å². The summed E-state index contributed by atoms with van der Waals surface area (Å²) in [6.45, 7) is 0.383. The Morgan fingerprint density at radius 1 is 1.50 bits per heavy atom. The van der Waals surface area contributed by atoms with E-state index in [2.05, 4.69) is 22.7 Å². The van der Waals surface area contributed by atoms with Crippen molar-refractivity contribution in [1.29, 1.82) is 0 Å². The number of carbonyl (C=O) groups excluding carboxylic acids is 1. The fourth-order valence-corrected chi connectivity index (χ4v) is 4.22. The highest BCUT2D eigenvalue weighted by Crippen LogP contribution is 2.50. The van der Waals surface area contributed by atoms with Gasteiger partial charge in [-0.15, -0.1) is 0 Å². The normalized spacial score (nSPS) is 29.2. The fraction of sp³-hybridized carbons (Fsp3) is 0.889. The second kappa shape index (κ2) is 4.19. The van der Waals surface area contributed by atoms with Crippen molar-refractivity contribution in [3.05, 3.63) is 0 Å². The average molecular weight is 264 g/mol. The van der Waals surface area contributed by atoms with Gasteiger partial charge in [0.2, 0.25) is 15.9 Å². The van der Waals surface area contributed by atoms with E-state index in [1.165, 1.54) is 0 Å². The van der Waals surface area contributed by atoms with E-state index in [-0.39, 0.29) is 11.9 Å². The van der Waals surface area contributed by atoms with Gasteiger partial charge in [0.25, 0.3) is 0 Å². The van der Waals surface area contributed by atoms with E-state index in [9.17, 15) is 13.2 Å². The topological polar surface area (TPSA) is 75.3 Å². The van der Waals surface area contributed by atoms with Gasteiger partial charge < -0.3 is 5.32 Å². The van der Waals surface area contributed by atoms with Crippen LogP contribution in [0.2, 0.25) is 0 Å². The van der Waals surface area contributed by atoms with Crippen LogP contribution in [0.5, 0.6) is 0 Å². The average Bonchev–Trinajstić information content (AvgIpc) is 2.90. The standard InChI is InChI=1S/C9H16N2O3S2/c12-8(1-4-15)10-6-7-5-9(2-3-9)16(13,14)11-7/h7,11,15H,1-6H2,(H,10,12). The minimum atomic E-state index is -3.14. The molecule has 1 aliphatic heterocycles. The van der Waals surface area contributed by atoms with Crippen LogP contribution in [0, 0.1) is 0 Å². The second-order valence-electron chi connectivity index (χ2n) is 4.48. The van der Waals surface area contributed by atoms with E-state index < -0.39 is 14.8 Å². The van der Waals surface area contributed by atoms with Crippen molar-refractivity contribution in [3.8, 4) is 0 Å². The van der Waals surface area contributed by atoms with E-state index in [0.29, 0.717) is 25.1 Å². The zero-order valence-electron chi connectivity index (χ0n) is 8.90. The van der Waals surface area contributed by atoms with Crippen molar-refractivity contribution in [1.82, 2.24) is 10.0 Å². The van der Waals surface area contributed by atoms with Crippen LogP contribution in [0.25, 0.3) is 0 Å². The molecule has 1 spiro atoms. The zero-order valence-corrected chi connectivity index (χ0v) is 10.6. The maximum absolute atomic E-state index is 11.7. The third-order valence-electron chi connectivity index (χ3n) is 3.20. The molecule has 7 heteroatoms. The van der Waals surface area contributed by atoms with Crippen molar-refractivity contribution in [2.75, 3.05) is 12.3 Å². The van der Waals surface area contributed by atoms with Crippen LogP contribution in [0.3, 0.4) is 0 Å². The molecule has 1 saturated carbocycles. The molecule has 1 saturated heterocycles. The van der Waals surface area contributed by atoms with Crippen LogP contribution in [0.4, 0.5) is 0 Å². The van der Waals surface area contributed by atoms with Crippen LogP contribution < -0.4 is 10.0 Å². The number of nitrogens with one attached hydrogen (secondary N) is 2. The Morgan fingerprint density at radius 3 is 2.69 bits per heavy atom. The molecule has 2 rings (SSSR count). The highest BCUT2D eigenvalue weighted by atomic mass is 32.2. The molecule has 1 unspecified atom stereocenters. The Balaban J connectivity index is 1.84. The molecule has 1 amide bonds. The number of hydrogen-bond acceptors (Lipinski definition) is 4. The minimum Gasteiger partial charge on any atom is -0.354 e. The molecule has 1 heterocycles. The number of amides is 1. The highest BCUT2D eigenvalue weighted by Gasteiger charge is 2.60. The van der Waals surface area contributed by atoms with Gasteiger partial charge in [-0.25, -0.2) is 13.1 Å². The minimum absolute atomic E-state index is 0.0778. The SMILES string of the molecule is O=C(CCS)NCC1CC2(CC2)S(=O)(=O)N1. The van der Waals surface area contributed by atoms with Crippen LogP contribution in [-0.4, -0.2) is 37.4 Å². The van der Waals surface area contributed by atoms with E-state index in [1.807, 2.05) is 0 Å². The first-order valence-electron chi connectivity index (χ1n) is 5.38. The van der Waals surface area contributed by atoms with Crippen molar-refractivity contribution in [2.45, 2.75) is 36.5 Å². The molecule has 1 aliphatic carbocycles. The lowest BCUT2D eigenvalue weighted by Gasteiger charge is -2.09. The molecule has 16 heavy (non-hydrogen) atoms. The summed E-state index contributed by atoms with van der Waals surface area (Å²) in [6, 6.07) is -0.142. The molecule has 1 atom stereocenters. The molecular weight excluding hydrogens is 248 g/mol. The maximum Gasteiger partial charge on any atom is 0.220 e. The number of sulfonamides is 1. The zero-order chi connectivity index (χ0) is 11.8. The molecule has 2 aliphatic rings. The highest BCUT2D eigenvalue weighted by molar-refractivity contribution is 7.91. The van der Waals surface area contributed by atoms with Gasteiger partial charge in [-0.1, -0.05) is 0 Å². The molecule has 2 fully saturated rings. The van der Waals surface area contributed by atoms with E-state index in [1.54, 1.807) is 0 Å². The molecule has 0 aromatic carbocycles. The Hall–Kier alpha value is -0.270. The largest absolute Gasteiger partial charge is 0.354 e. The van der Waals surface area contributed by atoms with Gasteiger partial charge in [-0.2, -0.15) is 12.6 Å². The summed E-state index contributed by atoms with van der Waals surface area (Å²) in [7, 11) is -3.14. The van der Waals surface area contributed by atoms with E-state index >= 15 is 0 Å². The quantitative estimate of drug-likeness (QED) is 0.607. The van der Waals surface area contributed by atoms with Gasteiger partial charge in [0.1, 0.15) is 0 Å². The molecule has 0 bridgehead atoms. The Bertz CT molecular complexity index is 390. The first kappa shape index (κ1) is 12.2. The molecule has 0 aromatic rings. The van der Waals surface area contributed by atoms with E-state index in [4.69, 9.17) is 0 Å². The van der Waals surface area contributed by atoms with Crippen molar-refractivity contribution in [3.63, 3.8) is 0 Å². The van der Waals surface area contributed by atoms with Gasteiger partial charge in [0.05, 0.1) is 4.75 Å². The third kappa shape index (κ3) is 2.21. The molecule has 92 valence electrons. The Kier molecular flexibility index (Phi) is 3.20. The summed E-state index contributed by atoms with van der Waals surface area (Å²) in [5.41, 5.74) is 0. The monoisotopic (exact) mass is 264 g/mol. The molecule has 0 radical (unpaired) electrons. The summed E-state index contributed by atoms with van der Waals surface area (Å²) in [6.07, 6.45) is 2.50. The van der Waals surface area contributed by atoms with Crippen LogP contribution in [0.15, 0.2) is 0 Å². The van der Waals surface area contributed by atoms with Crippen LogP contribution in [0.1, 0.15) is 25.7 Å². The number of rotatable bonds is 4. The lowest BCUT2D eigenvalue weighted by Crippen LogP contribution is -2.38. The van der Waals surface area contributed by atoms with Gasteiger partial charge in [0, 0.05) is 19.0 Å². The van der Waals surface area contributed by atoms with Gasteiger partial charge >= 0.3 is 0 Å². The predicted octanol–water partition coefficient (Wildman–Crippen LogP) is -0.353. The van der Waals surface area contributed by atoms with Gasteiger partial charge in [0.15, 0.2) is 0 Å². The number of hydrogen-bond donors (Lipinski definition) is 3. The first-order chi connectivity index (χ1) is 7.49.